The Morgan fingerprint density at radius 3 is 2.85 bits per heavy atom. The zero-order valence-corrected chi connectivity index (χ0v) is 11.1. The van der Waals surface area contributed by atoms with E-state index in [-0.39, 0.29) is 0 Å². The predicted octanol–water partition coefficient (Wildman–Crippen LogP) is 2.87. The Labute approximate surface area is 117 Å². The van der Waals surface area contributed by atoms with Crippen LogP contribution < -0.4 is 11.1 Å². The molecular weight excluding hydrogens is 248 g/mol. The number of nitrogens with zero attached hydrogens (tertiary/aromatic N) is 2. The van der Waals surface area contributed by atoms with E-state index < -0.39 is 0 Å². The molecule has 2 aromatic heterocycles. The van der Waals surface area contributed by atoms with E-state index in [1.165, 1.54) is 0 Å². The Morgan fingerprint density at radius 1 is 1.05 bits per heavy atom. The number of anilines is 2. The van der Waals surface area contributed by atoms with Gasteiger partial charge in [0.2, 0.25) is 0 Å². The number of hydrogen-bond acceptors (Lipinski definition) is 4. The van der Waals surface area contributed by atoms with Crippen LogP contribution in [-0.2, 0) is 6.42 Å². The summed E-state index contributed by atoms with van der Waals surface area (Å²) in [4.78, 5) is 8.86. The van der Waals surface area contributed by atoms with Crippen LogP contribution in [0.3, 0.4) is 0 Å². The van der Waals surface area contributed by atoms with Crippen LogP contribution in [0.2, 0.25) is 0 Å². The summed E-state index contributed by atoms with van der Waals surface area (Å²) in [5.41, 5.74) is 8.54. The van der Waals surface area contributed by atoms with E-state index in [0.29, 0.717) is 0 Å². The standard InChI is InChI=1S/C16H16N4/c17-13-5-6-15-12(11-13)4-7-16(20-15)19-10-8-14-3-1-2-9-18-14/h1-7,9,11H,8,10,17H2,(H,19,20). The van der Waals surface area contributed by atoms with Gasteiger partial charge in [-0.1, -0.05) is 6.07 Å². The summed E-state index contributed by atoms with van der Waals surface area (Å²) in [6.07, 6.45) is 2.69. The fourth-order valence-corrected chi connectivity index (χ4v) is 2.11. The van der Waals surface area contributed by atoms with Crippen molar-refractivity contribution in [3.05, 3.63) is 60.4 Å². The Bertz CT molecular complexity index is 710. The molecule has 0 atom stereocenters. The molecule has 3 rings (SSSR count). The minimum Gasteiger partial charge on any atom is -0.399 e. The van der Waals surface area contributed by atoms with Crippen LogP contribution in [0.5, 0.6) is 0 Å². The van der Waals surface area contributed by atoms with Crippen molar-refractivity contribution in [3.8, 4) is 0 Å². The van der Waals surface area contributed by atoms with Gasteiger partial charge in [-0.2, -0.15) is 0 Å². The molecule has 0 unspecified atom stereocenters. The van der Waals surface area contributed by atoms with Crippen molar-refractivity contribution < 1.29 is 0 Å². The van der Waals surface area contributed by atoms with Crippen molar-refractivity contribution in [2.45, 2.75) is 6.42 Å². The van der Waals surface area contributed by atoms with Gasteiger partial charge in [0.1, 0.15) is 5.82 Å². The third-order valence-corrected chi connectivity index (χ3v) is 3.13. The van der Waals surface area contributed by atoms with E-state index in [1.807, 2.05) is 54.7 Å². The number of nitrogens with one attached hydrogen (secondary N) is 1. The third kappa shape index (κ3) is 2.85. The molecule has 4 heteroatoms. The second-order valence-electron chi connectivity index (χ2n) is 4.65. The fraction of sp³-hybridized carbons (Fsp3) is 0.125. The van der Waals surface area contributed by atoms with Gasteiger partial charge in [-0.3, -0.25) is 4.98 Å². The first-order valence-corrected chi connectivity index (χ1v) is 6.61. The first kappa shape index (κ1) is 12.4. The van der Waals surface area contributed by atoms with Crippen LogP contribution in [0.1, 0.15) is 5.69 Å². The molecule has 3 N–H and O–H groups in total. The lowest BCUT2D eigenvalue weighted by Crippen LogP contribution is -2.07. The minimum atomic E-state index is 0.759. The van der Waals surface area contributed by atoms with Gasteiger partial charge in [-0.25, -0.2) is 4.98 Å². The number of benzene rings is 1. The Kier molecular flexibility index (Phi) is 3.46. The quantitative estimate of drug-likeness (QED) is 0.711. The van der Waals surface area contributed by atoms with Gasteiger partial charge in [0, 0.05) is 35.9 Å². The summed E-state index contributed by atoms with van der Waals surface area (Å²) in [6, 6.07) is 15.7. The predicted molar refractivity (Wildman–Crippen MR) is 82.6 cm³/mol. The molecule has 0 bridgehead atoms. The highest BCUT2D eigenvalue weighted by atomic mass is 15.0. The van der Waals surface area contributed by atoms with Crippen LogP contribution in [0.4, 0.5) is 11.5 Å². The zero-order chi connectivity index (χ0) is 13.8. The van der Waals surface area contributed by atoms with Gasteiger partial charge in [-0.05, 0) is 42.5 Å². The number of hydrogen-bond donors (Lipinski definition) is 2. The molecule has 2 heterocycles. The van der Waals surface area contributed by atoms with E-state index >= 15 is 0 Å². The monoisotopic (exact) mass is 264 g/mol. The second kappa shape index (κ2) is 5.57. The summed E-state index contributed by atoms with van der Waals surface area (Å²) in [5, 5.41) is 4.37. The largest absolute Gasteiger partial charge is 0.399 e. The average Bonchev–Trinajstić information content (AvgIpc) is 2.48. The van der Waals surface area contributed by atoms with E-state index in [2.05, 4.69) is 15.3 Å². The van der Waals surface area contributed by atoms with Crippen molar-refractivity contribution in [1.82, 2.24) is 9.97 Å². The smallest absolute Gasteiger partial charge is 0.126 e. The van der Waals surface area contributed by atoms with Gasteiger partial charge in [0.25, 0.3) is 0 Å². The number of nitrogens with two attached hydrogens (primary N) is 1. The molecule has 0 aliphatic heterocycles. The summed E-state index contributed by atoms with van der Waals surface area (Å²) in [6.45, 7) is 0.810. The van der Waals surface area contributed by atoms with Crippen LogP contribution in [0, 0.1) is 0 Å². The summed E-state index contributed by atoms with van der Waals surface area (Å²) in [7, 11) is 0. The van der Waals surface area contributed by atoms with E-state index in [4.69, 9.17) is 5.73 Å². The van der Waals surface area contributed by atoms with Crippen LogP contribution in [0.15, 0.2) is 54.7 Å². The zero-order valence-electron chi connectivity index (χ0n) is 11.1. The lowest BCUT2D eigenvalue weighted by atomic mass is 10.2. The number of pyridine rings is 2. The van der Waals surface area contributed by atoms with Crippen LogP contribution >= 0.6 is 0 Å². The van der Waals surface area contributed by atoms with Crippen molar-refractivity contribution in [3.63, 3.8) is 0 Å². The third-order valence-electron chi connectivity index (χ3n) is 3.13. The lowest BCUT2D eigenvalue weighted by Gasteiger charge is -2.07. The number of aromatic nitrogens is 2. The second-order valence-corrected chi connectivity index (χ2v) is 4.65. The van der Waals surface area contributed by atoms with Crippen LogP contribution in [-0.4, -0.2) is 16.5 Å². The Morgan fingerprint density at radius 2 is 2.00 bits per heavy atom. The highest BCUT2D eigenvalue weighted by molar-refractivity contribution is 5.83. The normalized spacial score (nSPS) is 10.6. The topological polar surface area (TPSA) is 63.8 Å². The molecule has 0 saturated heterocycles. The maximum absolute atomic E-state index is 5.76. The maximum Gasteiger partial charge on any atom is 0.126 e. The van der Waals surface area contributed by atoms with E-state index in [9.17, 15) is 0 Å². The minimum absolute atomic E-state index is 0.759. The highest BCUT2D eigenvalue weighted by Gasteiger charge is 1.99. The molecule has 4 nitrogen and oxygen atoms in total. The maximum atomic E-state index is 5.76. The molecule has 3 aromatic rings. The van der Waals surface area contributed by atoms with Crippen molar-refractivity contribution in [1.29, 1.82) is 0 Å². The average molecular weight is 264 g/mol. The van der Waals surface area contributed by atoms with Crippen molar-refractivity contribution >= 4 is 22.4 Å². The van der Waals surface area contributed by atoms with Crippen molar-refractivity contribution in [2.75, 3.05) is 17.6 Å². The van der Waals surface area contributed by atoms with Crippen LogP contribution in [0.25, 0.3) is 10.9 Å². The molecule has 0 aliphatic rings. The van der Waals surface area contributed by atoms with Gasteiger partial charge in [-0.15, -0.1) is 0 Å². The molecule has 0 aliphatic carbocycles. The number of fused-ring (bicyclic) bond motifs is 1. The molecule has 0 amide bonds. The number of rotatable bonds is 4. The molecular formula is C16H16N4. The van der Waals surface area contributed by atoms with E-state index in [0.717, 1.165) is 41.1 Å². The lowest BCUT2D eigenvalue weighted by molar-refractivity contribution is 0.955. The summed E-state index contributed by atoms with van der Waals surface area (Å²) >= 11 is 0. The first-order chi connectivity index (χ1) is 9.81. The van der Waals surface area contributed by atoms with E-state index in [1.54, 1.807) is 0 Å². The van der Waals surface area contributed by atoms with Gasteiger partial charge in [0.05, 0.1) is 5.52 Å². The SMILES string of the molecule is Nc1ccc2nc(NCCc3ccccn3)ccc2c1. The molecule has 0 spiro atoms. The summed E-state index contributed by atoms with van der Waals surface area (Å²) in [5.74, 6) is 0.873. The Balaban J connectivity index is 1.67. The van der Waals surface area contributed by atoms with Crippen molar-refractivity contribution in [2.24, 2.45) is 0 Å². The van der Waals surface area contributed by atoms with Gasteiger partial charge < -0.3 is 11.1 Å². The molecule has 0 saturated carbocycles. The highest BCUT2D eigenvalue weighted by Crippen LogP contribution is 2.17. The Hall–Kier alpha value is -2.62. The number of nitrogen functional groups attached to an aromatic ring is 1. The van der Waals surface area contributed by atoms with Gasteiger partial charge in [0.15, 0.2) is 0 Å². The molecule has 20 heavy (non-hydrogen) atoms. The molecule has 0 radical (unpaired) electrons. The fourth-order valence-electron chi connectivity index (χ4n) is 2.11. The molecule has 100 valence electrons. The molecule has 1 aromatic carbocycles. The molecule has 0 fully saturated rings. The summed E-state index contributed by atoms with van der Waals surface area (Å²) < 4.78 is 0. The first-order valence-electron chi connectivity index (χ1n) is 6.61. The van der Waals surface area contributed by atoms with Gasteiger partial charge >= 0.3 is 0 Å².